The van der Waals surface area contributed by atoms with Gasteiger partial charge in [0.1, 0.15) is 11.3 Å². The number of nitrogens with zero attached hydrogens (tertiary/aromatic N) is 3. The number of benzene rings is 1. The Morgan fingerprint density at radius 1 is 1.08 bits per heavy atom. The summed E-state index contributed by atoms with van der Waals surface area (Å²) in [5.41, 5.74) is 1.95. The van der Waals surface area contributed by atoms with Gasteiger partial charge in [-0.2, -0.15) is 13.2 Å². The number of hydrogen-bond acceptors (Lipinski definition) is 7. The van der Waals surface area contributed by atoms with Gasteiger partial charge in [-0.15, -0.1) is 11.3 Å². The van der Waals surface area contributed by atoms with Gasteiger partial charge in [-0.25, -0.2) is 9.97 Å². The number of fused-ring (bicyclic) bond motifs is 1. The van der Waals surface area contributed by atoms with E-state index in [1.54, 1.807) is 16.2 Å². The van der Waals surface area contributed by atoms with Crippen LogP contribution < -0.4 is 4.74 Å². The van der Waals surface area contributed by atoms with Crippen molar-refractivity contribution in [2.75, 3.05) is 19.7 Å². The summed E-state index contributed by atoms with van der Waals surface area (Å²) < 4.78 is 56.3. The predicted octanol–water partition coefficient (Wildman–Crippen LogP) is 5.09. The Morgan fingerprint density at radius 3 is 2.44 bits per heavy atom. The molecule has 2 aromatic heterocycles. The maximum absolute atomic E-state index is 13.1. The van der Waals surface area contributed by atoms with Crippen molar-refractivity contribution in [3.8, 4) is 5.88 Å². The largest absolute Gasteiger partial charge is 0.467 e. The normalized spacial score (nSPS) is 17.5. The van der Waals surface area contributed by atoms with Crippen LogP contribution in [0.5, 0.6) is 5.88 Å². The third-order valence-corrected chi connectivity index (χ3v) is 7.31. The number of pyridine rings is 1. The van der Waals surface area contributed by atoms with Gasteiger partial charge < -0.3 is 19.1 Å². The van der Waals surface area contributed by atoms with Crippen molar-refractivity contribution in [3.05, 3.63) is 75.4 Å². The quantitative estimate of drug-likeness (QED) is 0.468. The van der Waals surface area contributed by atoms with E-state index in [9.17, 15) is 18.0 Å². The van der Waals surface area contributed by atoms with E-state index < -0.39 is 30.5 Å². The Kier molecular flexibility index (Phi) is 7.22. The summed E-state index contributed by atoms with van der Waals surface area (Å²) in [6.45, 7) is 1.37. The summed E-state index contributed by atoms with van der Waals surface area (Å²) in [5.74, 6) is -0.772. The molecule has 4 heterocycles. The Morgan fingerprint density at radius 2 is 1.78 bits per heavy atom. The van der Waals surface area contributed by atoms with Crippen LogP contribution in [-0.4, -0.2) is 40.5 Å². The highest BCUT2D eigenvalue weighted by atomic mass is 32.1. The number of rotatable bonds is 5. The van der Waals surface area contributed by atoms with Crippen LogP contribution in [0.4, 0.5) is 13.2 Å². The van der Waals surface area contributed by atoms with E-state index >= 15 is 0 Å². The van der Waals surface area contributed by atoms with Crippen LogP contribution in [-0.2, 0) is 33.7 Å². The number of likely N-dealkylation sites (tertiary alicyclic amines) is 1. The minimum absolute atomic E-state index is 0.185. The molecule has 5 rings (SSSR count). The fraction of sp³-hybridized carbons (Fsp3) is 0.400. The van der Waals surface area contributed by atoms with Gasteiger partial charge in [0.25, 0.3) is 5.91 Å². The lowest BCUT2D eigenvalue weighted by molar-refractivity contribution is -0.155. The number of amides is 1. The molecule has 3 aromatic rings. The van der Waals surface area contributed by atoms with Gasteiger partial charge in [-0.1, -0.05) is 24.3 Å². The monoisotopic (exact) mass is 519 g/mol. The van der Waals surface area contributed by atoms with Gasteiger partial charge in [-0.3, -0.25) is 4.79 Å². The topological polar surface area (TPSA) is 73.8 Å². The van der Waals surface area contributed by atoms with Crippen LogP contribution in [0.3, 0.4) is 0 Å². The van der Waals surface area contributed by atoms with Crippen molar-refractivity contribution in [2.45, 2.75) is 44.4 Å². The Bertz CT molecular complexity index is 1180. The van der Waals surface area contributed by atoms with Crippen molar-refractivity contribution < 1.29 is 32.2 Å². The van der Waals surface area contributed by atoms with Crippen LogP contribution in [0.15, 0.2) is 48.0 Å². The van der Waals surface area contributed by atoms with E-state index in [1.165, 1.54) is 12.3 Å². The van der Waals surface area contributed by atoms with Crippen LogP contribution >= 0.6 is 11.3 Å². The van der Waals surface area contributed by atoms with Gasteiger partial charge in [0.15, 0.2) is 6.61 Å². The molecule has 2 aliphatic rings. The summed E-state index contributed by atoms with van der Waals surface area (Å²) in [6, 6.07) is 10.1. The SMILES string of the molecule is O=C(COc1ncccc1C(F)(F)F)N1CCC(c2nc(C3OCc4ccccc4CO3)cs2)CC1. The molecule has 190 valence electrons. The number of carbonyl (C=O) groups is 1. The Hall–Kier alpha value is -3.02. The first-order valence-corrected chi connectivity index (χ1v) is 12.4. The molecule has 0 aliphatic carbocycles. The maximum atomic E-state index is 13.1. The van der Waals surface area contributed by atoms with Gasteiger partial charge in [-0.05, 0) is 36.1 Å². The molecule has 0 bridgehead atoms. The highest BCUT2D eigenvalue weighted by molar-refractivity contribution is 7.09. The number of aromatic nitrogens is 2. The standard InChI is InChI=1S/C25H24F3N3O4S/c26-25(27,28)19-6-3-9-29-22(19)33-14-21(32)31-10-7-16(8-11-31)23-30-20(15-36-23)24-34-12-17-4-1-2-5-18(17)13-35-24/h1-6,9,15-16,24H,7-8,10-14H2. The molecule has 0 saturated carbocycles. The number of halogens is 3. The fourth-order valence-corrected chi connectivity index (χ4v) is 5.30. The third-order valence-electron chi connectivity index (χ3n) is 6.29. The lowest BCUT2D eigenvalue weighted by atomic mass is 9.97. The van der Waals surface area contributed by atoms with E-state index in [4.69, 9.17) is 19.2 Å². The summed E-state index contributed by atoms with van der Waals surface area (Å²) in [5, 5.41) is 2.91. The average molecular weight is 520 g/mol. The summed E-state index contributed by atoms with van der Waals surface area (Å²) >= 11 is 1.55. The highest BCUT2D eigenvalue weighted by Crippen LogP contribution is 2.36. The molecule has 1 amide bonds. The van der Waals surface area contributed by atoms with E-state index in [0.717, 1.165) is 27.9 Å². The molecular formula is C25H24F3N3O4S. The molecular weight excluding hydrogens is 495 g/mol. The smallest absolute Gasteiger partial charge is 0.421 e. The van der Waals surface area contributed by atoms with Gasteiger partial charge >= 0.3 is 6.18 Å². The second kappa shape index (κ2) is 10.5. The van der Waals surface area contributed by atoms with Crippen LogP contribution in [0.1, 0.15) is 52.4 Å². The number of carbonyl (C=O) groups excluding carboxylic acids is 1. The van der Waals surface area contributed by atoms with Crippen molar-refractivity contribution in [3.63, 3.8) is 0 Å². The summed E-state index contributed by atoms with van der Waals surface area (Å²) in [6.07, 6.45) is -2.53. The van der Waals surface area contributed by atoms with Crippen molar-refractivity contribution in [1.29, 1.82) is 0 Å². The zero-order valence-corrected chi connectivity index (χ0v) is 20.1. The average Bonchev–Trinajstić information content (AvgIpc) is 3.28. The van der Waals surface area contributed by atoms with Crippen LogP contribution in [0, 0.1) is 0 Å². The fourth-order valence-electron chi connectivity index (χ4n) is 4.30. The molecule has 36 heavy (non-hydrogen) atoms. The van der Waals surface area contributed by atoms with Crippen molar-refractivity contribution >= 4 is 17.2 Å². The van der Waals surface area contributed by atoms with E-state index in [-0.39, 0.29) is 11.8 Å². The van der Waals surface area contributed by atoms with Gasteiger partial charge in [0.2, 0.25) is 12.2 Å². The second-order valence-electron chi connectivity index (χ2n) is 8.63. The number of thiazole rings is 1. The molecule has 0 unspecified atom stereocenters. The lowest BCUT2D eigenvalue weighted by Crippen LogP contribution is -2.40. The molecule has 1 saturated heterocycles. The van der Waals surface area contributed by atoms with Crippen molar-refractivity contribution in [2.24, 2.45) is 0 Å². The number of ether oxygens (including phenoxy) is 3. The summed E-state index contributed by atoms with van der Waals surface area (Å²) in [7, 11) is 0. The van der Waals surface area contributed by atoms with Gasteiger partial charge in [0.05, 0.1) is 18.2 Å². The minimum Gasteiger partial charge on any atom is -0.467 e. The number of alkyl halides is 3. The van der Waals surface area contributed by atoms with E-state index in [2.05, 4.69) is 4.98 Å². The minimum atomic E-state index is -4.60. The second-order valence-corrected chi connectivity index (χ2v) is 9.52. The van der Waals surface area contributed by atoms with Crippen LogP contribution in [0.2, 0.25) is 0 Å². The molecule has 1 aromatic carbocycles. The first-order valence-electron chi connectivity index (χ1n) is 11.6. The number of piperidine rings is 1. The molecule has 7 nitrogen and oxygen atoms in total. The molecule has 1 fully saturated rings. The molecule has 0 spiro atoms. The maximum Gasteiger partial charge on any atom is 0.421 e. The Balaban J connectivity index is 1.13. The molecule has 0 radical (unpaired) electrons. The molecule has 11 heteroatoms. The summed E-state index contributed by atoms with van der Waals surface area (Å²) in [4.78, 5) is 22.6. The third kappa shape index (κ3) is 5.53. The molecule has 0 atom stereocenters. The van der Waals surface area contributed by atoms with E-state index in [1.807, 2.05) is 29.6 Å². The lowest BCUT2D eigenvalue weighted by Gasteiger charge is -2.31. The first-order chi connectivity index (χ1) is 17.4. The first kappa shape index (κ1) is 24.7. The number of hydrogen-bond donors (Lipinski definition) is 0. The highest BCUT2D eigenvalue weighted by Gasteiger charge is 2.35. The molecule has 0 N–H and O–H groups in total. The van der Waals surface area contributed by atoms with E-state index in [0.29, 0.717) is 39.1 Å². The molecule has 2 aliphatic heterocycles. The zero-order chi connectivity index (χ0) is 25.1. The predicted molar refractivity (Wildman–Crippen MR) is 124 cm³/mol. The van der Waals surface area contributed by atoms with Crippen LogP contribution in [0.25, 0.3) is 0 Å². The Labute approximate surface area is 209 Å². The van der Waals surface area contributed by atoms with Gasteiger partial charge in [0, 0.05) is 30.6 Å². The van der Waals surface area contributed by atoms with Crippen molar-refractivity contribution in [1.82, 2.24) is 14.9 Å². The zero-order valence-electron chi connectivity index (χ0n) is 19.2.